The van der Waals surface area contributed by atoms with Gasteiger partial charge in [0.15, 0.2) is 0 Å². The molecule has 0 fully saturated rings. The molecular weight excluding hydrogens is 198 g/mol. The first-order chi connectivity index (χ1) is 7.22. The van der Waals surface area contributed by atoms with Crippen molar-refractivity contribution in [3.8, 4) is 0 Å². The van der Waals surface area contributed by atoms with E-state index in [-0.39, 0.29) is 12.3 Å². The number of rotatable bonds is 3. The average molecular weight is 207 g/mol. The van der Waals surface area contributed by atoms with Gasteiger partial charge in [-0.25, -0.2) is 4.98 Å². The number of nitro groups is 1. The fourth-order valence-corrected chi connectivity index (χ4v) is 1.44. The van der Waals surface area contributed by atoms with Crippen LogP contribution < -0.4 is 0 Å². The lowest BCUT2D eigenvalue weighted by molar-refractivity contribution is -0.384. The minimum absolute atomic E-state index is 0.0197. The summed E-state index contributed by atoms with van der Waals surface area (Å²) in [6.07, 6.45) is 1.56. The van der Waals surface area contributed by atoms with Gasteiger partial charge in [0.1, 0.15) is 0 Å². The van der Waals surface area contributed by atoms with Crippen LogP contribution in [0.5, 0.6) is 0 Å². The maximum Gasteiger partial charge on any atom is 0.271 e. The molecule has 0 saturated carbocycles. The number of imidazole rings is 1. The predicted molar refractivity (Wildman–Crippen MR) is 53.5 cm³/mol. The van der Waals surface area contributed by atoms with Gasteiger partial charge in [0.2, 0.25) is 0 Å². The van der Waals surface area contributed by atoms with Gasteiger partial charge in [-0.3, -0.25) is 10.1 Å². The Morgan fingerprint density at radius 3 is 3.00 bits per heavy atom. The quantitative estimate of drug-likeness (QED) is 0.599. The highest BCUT2D eigenvalue weighted by Crippen LogP contribution is 2.19. The van der Waals surface area contributed by atoms with E-state index < -0.39 is 4.92 Å². The summed E-state index contributed by atoms with van der Waals surface area (Å²) in [5, 5.41) is 19.4. The van der Waals surface area contributed by atoms with Crippen molar-refractivity contribution in [3.63, 3.8) is 0 Å². The Morgan fingerprint density at radius 2 is 2.33 bits per heavy atom. The standard InChI is InChI=1S/C9H9N3O3/c13-4-3-11-6-10-8-2-1-7(12(14)15)5-9(8)11/h1-2,5-6,13H,3-4H2. The number of hydrogen-bond acceptors (Lipinski definition) is 4. The summed E-state index contributed by atoms with van der Waals surface area (Å²) in [7, 11) is 0. The van der Waals surface area contributed by atoms with Crippen LogP contribution in [-0.2, 0) is 6.54 Å². The molecule has 0 bridgehead atoms. The molecule has 0 amide bonds. The van der Waals surface area contributed by atoms with Gasteiger partial charge in [0.05, 0.1) is 28.9 Å². The Bertz CT molecular complexity index is 506. The largest absolute Gasteiger partial charge is 0.395 e. The van der Waals surface area contributed by atoms with E-state index in [4.69, 9.17) is 5.11 Å². The van der Waals surface area contributed by atoms with E-state index in [2.05, 4.69) is 4.98 Å². The smallest absolute Gasteiger partial charge is 0.271 e. The molecule has 0 spiro atoms. The van der Waals surface area contributed by atoms with Crippen molar-refractivity contribution in [2.24, 2.45) is 0 Å². The number of hydrogen-bond donors (Lipinski definition) is 1. The number of non-ortho nitro benzene ring substituents is 1. The minimum atomic E-state index is -0.449. The summed E-state index contributed by atoms with van der Waals surface area (Å²) in [5.41, 5.74) is 1.38. The molecule has 1 aromatic carbocycles. The van der Waals surface area contributed by atoms with Crippen LogP contribution in [0.25, 0.3) is 11.0 Å². The zero-order valence-electron chi connectivity index (χ0n) is 7.83. The van der Waals surface area contributed by atoms with Gasteiger partial charge < -0.3 is 9.67 Å². The summed E-state index contributed by atoms with van der Waals surface area (Å²) in [4.78, 5) is 14.2. The number of nitro benzene ring substituents is 1. The fourth-order valence-electron chi connectivity index (χ4n) is 1.44. The van der Waals surface area contributed by atoms with E-state index in [0.717, 1.165) is 0 Å². The van der Waals surface area contributed by atoms with Crippen LogP contribution in [0.15, 0.2) is 24.5 Å². The van der Waals surface area contributed by atoms with E-state index in [9.17, 15) is 10.1 Å². The van der Waals surface area contributed by atoms with Gasteiger partial charge in [0.25, 0.3) is 5.69 Å². The van der Waals surface area contributed by atoms with E-state index in [0.29, 0.717) is 17.6 Å². The zero-order chi connectivity index (χ0) is 10.8. The molecule has 15 heavy (non-hydrogen) atoms. The highest BCUT2D eigenvalue weighted by atomic mass is 16.6. The molecule has 0 unspecified atom stereocenters. The molecular formula is C9H9N3O3. The lowest BCUT2D eigenvalue weighted by atomic mass is 10.3. The number of aliphatic hydroxyl groups excluding tert-OH is 1. The number of nitrogens with zero attached hydrogens (tertiary/aromatic N) is 3. The highest BCUT2D eigenvalue weighted by Gasteiger charge is 2.09. The van der Waals surface area contributed by atoms with E-state index in [1.807, 2.05) is 0 Å². The molecule has 2 aromatic rings. The number of aromatic nitrogens is 2. The molecule has 6 heteroatoms. The van der Waals surface area contributed by atoms with Crippen LogP contribution >= 0.6 is 0 Å². The maximum absolute atomic E-state index is 10.6. The summed E-state index contributed by atoms with van der Waals surface area (Å²) in [5.74, 6) is 0. The van der Waals surface area contributed by atoms with Gasteiger partial charge >= 0.3 is 0 Å². The second-order valence-corrected chi connectivity index (χ2v) is 3.09. The molecule has 2 rings (SSSR count). The monoisotopic (exact) mass is 207 g/mol. The third-order valence-corrected chi connectivity index (χ3v) is 2.16. The van der Waals surface area contributed by atoms with Crippen molar-refractivity contribution >= 4 is 16.7 Å². The normalized spacial score (nSPS) is 10.7. The van der Waals surface area contributed by atoms with Crippen molar-refractivity contribution in [1.82, 2.24) is 9.55 Å². The molecule has 0 aliphatic heterocycles. The van der Waals surface area contributed by atoms with E-state index in [1.165, 1.54) is 12.1 Å². The van der Waals surface area contributed by atoms with Crippen molar-refractivity contribution in [2.75, 3.05) is 6.61 Å². The highest BCUT2D eigenvalue weighted by molar-refractivity contribution is 5.77. The summed E-state index contributed by atoms with van der Waals surface area (Å²) in [6.45, 7) is 0.367. The molecule has 0 atom stereocenters. The van der Waals surface area contributed by atoms with Crippen molar-refractivity contribution in [1.29, 1.82) is 0 Å². The van der Waals surface area contributed by atoms with Crippen LogP contribution in [0.4, 0.5) is 5.69 Å². The average Bonchev–Trinajstić information content (AvgIpc) is 2.61. The van der Waals surface area contributed by atoms with Crippen LogP contribution in [0.2, 0.25) is 0 Å². The topological polar surface area (TPSA) is 81.2 Å². The second-order valence-electron chi connectivity index (χ2n) is 3.09. The first kappa shape index (κ1) is 9.60. The van der Waals surface area contributed by atoms with Gasteiger partial charge in [0, 0.05) is 18.7 Å². The van der Waals surface area contributed by atoms with Crippen molar-refractivity contribution < 1.29 is 10.0 Å². The first-order valence-electron chi connectivity index (χ1n) is 4.42. The molecule has 78 valence electrons. The van der Waals surface area contributed by atoms with Crippen molar-refractivity contribution in [2.45, 2.75) is 6.54 Å². The molecule has 0 aliphatic rings. The lowest BCUT2D eigenvalue weighted by Gasteiger charge is -1.99. The number of aliphatic hydroxyl groups is 1. The van der Waals surface area contributed by atoms with Crippen molar-refractivity contribution in [3.05, 3.63) is 34.6 Å². The second kappa shape index (κ2) is 3.66. The first-order valence-corrected chi connectivity index (χ1v) is 4.42. The molecule has 0 radical (unpaired) electrons. The van der Waals surface area contributed by atoms with Crippen LogP contribution in [0, 0.1) is 10.1 Å². The molecule has 1 heterocycles. The number of fused-ring (bicyclic) bond motifs is 1. The predicted octanol–water partition coefficient (Wildman–Crippen LogP) is 0.937. The van der Waals surface area contributed by atoms with E-state index in [1.54, 1.807) is 17.0 Å². The number of benzene rings is 1. The van der Waals surface area contributed by atoms with Crippen LogP contribution in [0.3, 0.4) is 0 Å². The summed E-state index contributed by atoms with van der Waals surface area (Å²) in [6, 6.07) is 4.47. The Labute approximate surface area is 84.9 Å². The molecule has 0 saturated heterocycles. The molecule has 6 nitrogen and oxygen atoms in total. The Balaban J connectivity index is 2.56. The Morgan fingerprint density at radius 1 is 1.53 bits per heavy atom. The van der Waals surface area contributed by atoms with Gasteiger partial charge in [-0.2, -0.15) is 0 Å². The Hall–Kier alpha value is -1.95. The minimum Gasteiger partial charge on any atom is -0.395 e. The molecule has 1 aromatic heterocycles. The van der Waals surface area contributed by atoms with Gasteiger partial charge in [-0.05, 0) is 6.07 Å². The Kier molecular flexibility index (Phi) is 2.34. The van der Waals surface area contributed by atoms with Gasteiger partial charge in [-0.1, -0.05) is 0 Å². The van der Waals surface area contributed by atoms with Crippen LogP contribution in [0.1, 0.15) is 0 Å². The van der Waals surface area contributed by atoms with E-state index >= 15 is 0 Å². The zero-order valence-corrected chi connectivity index (χ0v) is 7.83. The lowest BCUT2D eigenvalue weighted by Crippen LogP contribution is -2.00. The third kappa shape index (κ3) is 1.66. The molecule has 0 aliphatic carbocycles. The maximum atomic E-state index is 10.6. The van der Waals surface area contributed by atoms with Gasteiger partial charge in [-0.15, -0.1) is 0 Å². The molecule has 1 N–H and O–H groups in total. The summed E-state index contributed by atoms with van der Waals surface area (Å²) >= 11 is 0. The summed E-state index contributed by atoms with van der Waals surface area (Å²) < 4.78 is 1.68. The third-order valence-electron chi connectivity index (χ3n) is 2.16. The SMILES string of the molecule is O=[N+]([O-])c1ccc2ncn(CCO)c2c1. The van der Waals surface area contributed by atoms with Crippen LogP contribution in [-0.4, -0.2) is 26.2 Å². The fraction of sp³-hybridized carbons (Fsp3) is 0.222.